The minimum Gasteiger partial charge on any atom is -0.350 e. The van der Waals surface area contributed by atoms with Crippen molar-refractivity contribution in [3.05, 3.63) is 12.2 Å². The lowest BCUT2D eigenvalue weighted by molar-refractivity contribution is -0.121. The fraction of sp³-hybridized carbons (Fsp3) is 0.800. The first kappa shape index (κ1) is 13.6. The molecule has 2 aliphatic rings. The van der Waals surface area contributed by atoms with Gasteiger partial charge >= 0.3 is 0 Å². The van der Waals surface area contributed by atoms with E-state index in [2.05, 4.69) is 29.7 Å². The lowest BCUT2D eigenvalue weighted by atomic mass is 9.87. The third-order valence-electron chi connectivity index (χ3n) is 4.07. The van der Waals surface area contributed by atoms with Gasteiger partial charge in [0.25, 0.3) is 0 Å². The fourth-order valence-electron chi connectivity index (χ4n) is 3.27. The average molecular weight is 250 g/mol. The molecule has 2 N–H and O–H groups in total. The largest absolute Gasteiger partial charge is 0.350 e. The van der Waals surface area contributed by atoms with E-state index >= 15 is 0 Å². The molecule has 0 heterocycles. The quantitative estimate of drug-likeness (QED) is 0.750. The smallest absolute Gasteiger partial charge is 0.234 e. The summed E-state index contributed by atoms with van der Waals surface area (Å²) >= 11 is 0. The summed E-state index contributed by atoms with van der Waals surface area (Å²) in [4.78, 5) is 11.8. The first-order valence-corrected chi connectivity index (χ1v) is 7.08. The number of nitrogens with one attached hydrogen (secondary N) is 2. The maximum absolute atomic E-state index is 11.8. The molecule has 1 fully saturated rings. The maximum atomic E-state index is 11.8. The van der Waals surface area contributed by atoms with Crippen molar-refractivity contribution in [2.24, 2.45) is 17.8 Å². The summed E-state index contributed by atoms with van der Waals surface area (Å²) in [6.07, 6.45) is 7.34. The van der Waals surface area contributed by atoms with E-state index < -0.39 is 0 Å². The molecule has 102 valence electrons. The second kappa shape index (κ2) is 5.04. The second-order valence-corrected chi connectivity index (χ2v) is 6.91. The Labute approximate surface area is 110 Å². The molecule has 0 saturated heterocycles. The van der Waals surface area contributed by atoms with Gasteiger partial charge in [0.15, 0.2) is 0 Å². The maximum Gasteiger partial charge on any atom is 0.234 e. The van der Waals surface area contributed by atoms with Crippen LogP contribution in [-0.2, 0) is 4.79 Å². The van der Waals surface area contributed by atoms with Crippen molar-refractivity contribution in [3.63, 3.8) is 0 Å². The van der Waals surface area contributed by atoms with Crippen LogP contribution in [0.15, 0.2) is 12.2 Å². The zero-order chi connectivity index (χ0) is 13.3. The molecule has 2 aliphatic carbocycles. The Hall–Kier alpha value is -0.830. The summed E-state index contributed by atoms with van der Waals surface area (Å²) in [7, 11) is 0. The van der Waals surface area contributed by atoms with Crippen LogP contribution < -0.4 is 10.6 Å². The van der Waals surface area contributed by atoms with Gasteiger partial charge in [-0.1, -0.05) is 12.2 Å². The minimum atomic E-state index is -0.142. The lowest BCUT2D eigenvalue weighted by Gasteiger charge is -2.27. The number of allylic oxidation sites excluding steroid dienone is 2. The van der Waals surface area contributed by atoms with E-state index in [0.29, 0.717) is 18.5 Å². The molecule has 0 spiro atoms. The molecule has 4 unspecified atom stereocenters. The van der Waals surface area contributed by atoms with Crippen molar-refractivity contribution in [2.75, 3.05) is 6.54 Å². The van der Waals surface area contributed by atoms with Crippen LogP contribution in [0.5, 0.6) is 0 Å². The highest BCUT2D eigenvalue weighted by Gasteiger charge is 2.38. The van der Waals surface area contributed by atoms with Gasteiger partial charge in [-0.05, 0) is 58.3 Å². The molecule has 0 radical (unpaired) electrons. The van der Waals surface area contributed by atoms with Gasteiger partial charge in [-0.2, -0.15) is 0 Å². The molecule has 3 heteroatoms. The highest BCUT2D eigenvalue weighted by atomic mass is 16.2. The van der Waals surface area contributed by atoms with Gasteiger partial charge in [0.2, 0.25) is 5.91 Å². The number of hydrogen-bond donors (Lipinski definition) is 2. The molecule has 0 aliphatic heterocycles. The lowest BCUT2D eigenvalue weighted by Crippen LogP contribution is -2.47. The first-order chi connectivity index (χ1) is 8.35. The molecule has 0 aromatic carbocycles. The van der Waals surface area contributed by atoms with Crippen LogP contribution in [0, 0.1) is 17.8 Å². The monoisotopic (exact) mass is 250 g/mol. The van der Waals surface area contributed by atoms with Crippen molar-refractivity contribution in [1.82, 2.24) is 10.6 Å². The van der Waals surface area contributed by atoms with Crippen molar-refractivity contribution in [1.29, 1.82) is 0 Å². The zero-order valence-electron chi connectivity index (χ0n) is 12.0. The van der Waals surface area contributed by atoms with E-state index in [1.54, 1.807) is 0 Å². The molecule has 1 saturated carbocycles. The van der Waals surface area contributed by atoms with Crippen LogP contribution in [0.4, 0.5) is 0 Å². The summed E-state index contributed by atoms with van der Waals surface area (Å²) in [5, 5.41) is 6.37. The third kappa shape index (κ3) is 3.35. The van der Waals surface area contributed by atoms with Crippen LogP contribution in [0.25, 0.3) is 0 Å². The highest BCUT2D eigenvalue weighted by molar-refractivity contribution is 5.78. The number of rotatable bonds is 4. The van der Waals surface area contributed by atoms with Crippen LogP contribution in [0.2, 0.25) is 0 Å². The molecule has 2 rings (SSSR count). The predicted octanol–water partition coefficient (Wildman–Crippen LogP) is 2.09. The zero-order valence-corrected chi connectivity index (χ0v) is 12.0. The van der Waals surface area contributed by atoms with Gasteiger partial charge in [-0.15, -0.1) is 0 Å². The Kier molecular flexibility index (Phi) is 3.81. The van der Waals surface area contributed by atoms with E-state index in [9.17, 15) is 4.79 Å². The summed E-state index contributed by atoms with van der Waals surface area (Å²) in [6.45, 7) is 8.67. The molecule has 4 atom stereocenters. The van der Waals surface area contributed by atoms with Crippen molar-refractivity contribution in [3.8, 4) is 0 Å². The average Bonchev–Trinajstić information content (AvgIpc) is 2.84. The first-order valence-electron chi connectivity index (χ1n) is 7.08. The molecule has 1 amide bonds. The van der Waals surface area contributed by atoms with Crippen LogP contribution in [0.3, 0.4) is 0 Å². The van der Waals surface area contributed by atoms with Gasteiger partial charge in [-0.3, -0.25) is 4.79 Å². The molecular weight excluding hydrogens is 224 g/mol. The summed E-state index contributed by atoms with van der Waals surface area (Å²) < 4.78 is 0. The van der Waals surface area contributed by atoms with E-state index in [-0.39, 0.29) is 11.4 Å². The molecule has 0 aromatic rings. The highest BCUT2D eigenvalue weighted by Crippen LogP contribution is 2.44. The SMILES string of the molecule is CC(NCC(=O)NC(C)(C)C)C1CC2C=CC1C2. The Morgan fingerprint density at radius 1 is 1.33 bits per heavy atom. The van der Waals surface area contributed by atoms with E-state index in [1.807, 2.05) is 20.8 Å². The van der Waals surface area contributed by atoms with E-state index in [4.69, 9.17) is 0 Å². The van der Waals surface area contributed by atoms with Crippen LogP contribution in [-0.4, -0.2) is 24.0 Å². The standard InChI is InChI=1S/C15H26N2O/c1-10(13-8-11-5-6-12(13)7-11)16-9-14(18)17-15(2,3)4/h5-6,10-13,16H,7-9H2,1-4H3,(H,17,18). The number of amides is 1. The van der Waals surface area contributed by atoms with Gasteiger partial charge in [-0.25, -0.2) is 0 Å². The Balaban J connectivity index is 1.74. The fourth-order valence-corrected chi connectivity index (χ4v) is 3.27. The number of carbonyl (C=O) groups is 1. The summed E-state index contributed by atoms with van der Waals surface area (Å²) in [5.41, 5.74) is -0.142. The van der Waals surface area contributed by atoms with Crippen LogP contribution in [0.1, 0.15) is 40.5 Å². The molecule has 18 heavy (non-hydrogen) atoms. The Morgan fingerprint density at radius 3 is 2.56 bits per heavy atom. The van der Waals surface area contributed by atoms with Crippen LogP contribution >= 0.6 is 0 Å². The summed E-state index contributed by atoms with van der Waals surface area (Å²) in [5.74, 6) is 2.34. The second-order valence-electron chi connectivity index (χ2n) is 6.91. The molecular formula is C15H26N2O. The van der Waals surface area contributed by atoms with Gasteiger partial charge < -0.3 is 10.6 Å². The van der Waals surface area contributed by atoms with E-state index in [1.165, 1.54) is 12.8 Å². The Morgan fingerprint density at radius 2 is 2.06 bits per heavy atom. The predicted molar refractivity (Wildman–Crippen MR) is 74.2 cm³/mol. The molecule has 0 aromatic heterocycles. The molecule has 3 nitrogen and oxygen atoms in total. The third-order valence-corrected chi connectivity index (χ3v) is 4.07. The minimum absolute atomic E-state index is 0.0908. The molecule has 2 bridgehead atoms. The van der Waals surface area contributed by atoms with Crippen molar-refractivity contribution >= 4 is 5.91 Å². The number of hydrogen-bond acceptors (Lipinski definition) is 2. The number of fused-ring (bicyclic) bond motifs is 2. The summed E-state index contributed by atoms with van der Waals surface area (Å²) in [6, 6.07) is 0.427. The topological polar surface area (TPSA) is 41.1 Å². The van der Waals surface area contributed by atoms with Gasteiger partial charge in [0.05, 0.1) is 6.54 Å². The van der Waals surface area contributed by atoms with Crippen molar-refractivity contribution in [2.45, 2.75) is 52.1 Å². The number of carbonyl (C=O) groups excluding carboxylic acids is 1. The Bertz CT molecular complexity index is 343. The van der Waals surface area contributed by atoms with Gasteiger partial charge in [0, 0.05) is 11.6 Å². The normalized spacial score (nSPS) is 31.7. The van der Waals surface area contributed by atoms with Gasteiger partial charge in [0.1, 0.15) is 0 Å². The van der Waals surface area contributed by atoms with E-state index in [0.717, 1.165) is 11.8 Å². The van der Waals surface area contributed by atoms with Crippen molar-refractivity contribution < 1.29 is 4.79 Å².